The molecule has 4 nitrogen and oxygen atoms in total. The number of hydrogen-bond acceptors (Lipinski definition) is 4. The van der Waals surface area contributed by atoms with Crippen molar-refractivity contribution in [3.05, 3.63) is 24.0 Å². The summed E-state index contributed by atoms with van der Waals surface area (Å²) in [4.78, 5) is 6.29. The molecule has 0 amide bonds. The summed E-state index contributed by atoms with van der Waals surface area (Å²) in [6.07, 6.45) is 3.48. The van der Waals surface area contributed by atoms with Crippen LogP contribution in [-0.4, -0.2) is 47.7 Å². The molecule has 0 unspecified atom stereocenters. The molecule has 82 valence electrons. The maximum absolute atomic E-state index is 8.87. The maximum Gasteiger partial charge on any atom is 0.490 e. The van der Waals surface area contributed by atoms with Gasteiger partial charge in [0.1, 0.15) is 0 Å². The van der Waals surface area contributed by atoms with E-state index in [-0.39, 0.29) is 0 Å². The lowest BCUT2D eigenvalue weighted by Crippen LogP contribution is -2.30. The molecule has 0 bridgehead atoms. The van der Waals surface area contributed by atoms with Gasteiger partial charge in [0.25, 0.3) is 0 Å². The van der Waals surface area contributed by atoms with E-state index in [4.69, 9.17) is 10.0 Å². The highest BCUT2D eigenvalue weighted by atomic mass is 16.4. The number of nitrogens with zero attached hydrogens (tertiary/aromatic N) is 2. The zero-order chi connectivity index (χ0) is 11.3. The number of aryl methyl sites for hydroxylation is 1. The first-order valence-corrected chi connectivity index (χ1v) is 5.05. The Kier molecular flexibility index (Phi) is 4.75. The molecule has 0 atom stereocenters. The molecule has 0 saturated carbocycles. The minimum Gasteiger partial charge on any atom is -0.423 e. The van der Waals surface area contributed by atoms with Crippen molar-refractivity contribution in [3.63, 3.8) is 0 Å². The van der Waals surface area contributed by atoms with Gasteiger partial charge in [-0.1, -0.05) is 6.07 Å². The first kappa shape index (κ1) is 12.2. The summed E-state index contributed by atoms with van der Waals surface area (Å²) in [5, 5.41) is 17.7. The second kappa shape index (κ2) is 5.85. The normalized spacial score (nSPS) is 10.7. The number of pyridine rings is 1. The molecule has 0 radical (unpaired) electrons. The number of aromatic nitrogens is 1. The molecule has 0 aliphatic rings. The molecular formula is C10H17BN2O2. The Balaban J connectivity index is 2.43. The van der Waals surface area contributed by atoms with E-state index >= 15 is 0 Å². The van der Waals surface area contributed by atoms with Crippen molar-refractivity contribution in [2.45, 2.75) is 12.8 Å². The zero-order valence-corrected chi connectivity index (χ0v) is 9.22. The maximum atomic E-state index is 8.87. The highest BCUT2D eigenvalue weighted by Gasteiger charge is 2.10. The smallest absolute Gasteiger partial charge is 0.423 e. The molecule has 1 heterocycles. The van der Waals surface area contributed by atoms with E-state index in [1.54, 1.807) is 6.07 Å². The van der Waals surface area contributed by atoms with E-state index in [9.17, 15) is 0 Å². The minimum absolute atomic E-state index is 0.436. The Morgan fingerprint density at radius 1 is 1.33 bits per heavy atom. The first-order chi connectivity index (χ1) is 7.09. The summed E-state index contributed by atoms with van der Waals surface area (Å²) in [6, 6.07) is 3.53. The van der Waals surface area contributed by atoms with E-state index in [0.29, 0.717) is 5.46 Å². The van der Waals surface area contributed by atoms with Crippen LogP contribution >= 0.6 is 0 Å². The van der Waals surface area contributed by atoms with E-state index in [2.05, 4.69) is 9.88 Å². The predicted molar refractivity (Wildman–Crippen MR) is 60.9 cm³/mol. The summed E-state index contributed by atoms with van der Waals surface area (Å²) in [5.74, 6) is 0. The second-order valence-corrected chi connectivity index (χ2v) is 3.86. The average molecular weight is 208 g/mol. The third-order valence-corrected chi connectivity index (χ3v) is 2.18. The molecule has 0 aliphatic carbocycles. The molecule has 0 saturated heterocycles. The van der Waals surface area contributed by atoms with Crippen LogP contribution in [0.1, 0.15) is 12.1 Å². The molecule has 0 spiro atoms. The molecule has 0 aliphatic heterocycles. The van der Waals surface area contributed by atoms with Crippen LogP contribution in [0.2, 0.25) is 0 Å². The largest absolute Gasteiger partial charge is 0.490 e. The van der Waals surface area contributed by atoms with Crippen LogP contribution in [0.3, 0.4) is 0 Å². The fourth-order valence-electron chi connectivity index (χ4n) is 1.31. The van der Waals surface area contributed by atoms with Crippen molar-refractivity contribution >= 4 is 12.6 Å². The Labute approximate surface area is 90.7 Å². The number of hydrogen-bond donors (Lipinski definition) is 2. The Morgan fingerprint density at radius 3 is 2.53 bits per heavy atom. The van der Waals surface area contributed by atoms with Gasteiger partial charge in [0.15, 0.2) is 0 Å². The third-order valence-electron chi connectivity index (χ3n) is 2.18. The summed E-state index contributed by atoms with van der Waals surface area (Å²) in [7, 11) is 2.66. The summed E-state index contributed by atoms with van der Waals surface area (Å²) in [5.41, 5.74) is 1.42. The third kappa shape index (κ3) is 4.42. The van der Waals surface area contributed by atoms with Crippen LogP contribution in [0, 0.1) is 0 Å². The average Bonchev–Trinajstić information content (AvgIpc) is 2.18. The van der Waals surface area contributed by atoms with Crippen molar-refractivity contribution in [2.75, 3.05) is 20.6 Å². The Bertz CT molecular complexity index is 288. The van der Waals surface area contributed by atoms with Crippen molar-refractivity contribution in [2.24, 2.45) is 0 Å². The van der Waals surface area contributed by atoms with Gasteiger partial charge in [-0.05, 0) is 39.5 Å². The molecule has 5 heteroatoms. The Morgan fingerprint density at radius 2 is 2.07 bits per heavy atom. The molecule has 0 aromatic carbocycles. The van der Waals surface area contributed by atoms with Crippen LogP contribution < -0.4 is 5.46 Å². The van der Waals surface area contributed by atoms with Crippen molar-refractivity contribution in [1.82, 2.24) is 9.88 Å². The molecular weight excluding hydrogens is 191 g/mol. The molecule has 1 aromatic heterocycles. The van der Waals surface area contributed by atoms with Gasteiger partial charge in [-0.2, -0.15) is 0 Å². The fourth-order valence-corrected chi connectivity index (χ4v) is 1.31. The van der Waals surface area contributed by atoms with E-state index in [0.717, 1.165) is 25.1 Å². The first-order valence-electron chi connectivity index (χ1n) is 5.05. The highest BCUT2D eigenvalue weighted by Crippen LogP contribution is 1.98. The van der Waals surface area contributed by atoms with Gasteiger partial charge in [0, 0.05) is 17.4 Å². The summed E-state index contributed by atoms with van der Waals surface area (Å²) >= 11 is 0. The van der Waals surface area contributed by atoms with Gasteiger partial charge in [-0.25, -0.2) is 0 Å². The minimum atomic E-state index is -1.42. The van der Waals surface area contributed by atoms with Crippen molar-refractivity contribution in [3.8, 4) is 0 Å². The Hall–Kier alpha value is -0.905. The van der Waals surface area contributed by atoms with Crippen molar-refractivity contribution in [1.29, 1.82) is 0 Å². The van der Waals surface area contributed by atoms with Gasteiger partial charge in [-0.3, -0.25) is 4.98 Å². The van der Waals surface area contributed by atoms with Crippen LogP contribution in [0.5, 0.6) is 0 Å². The summed E-state index contributed by atoms with van der Waals surface area (Å²) in [6.45, 7) is 1.03. The molecule has 2 N–H and O–H groups in total. The van der Waals surface area contributed by atoms with Crippen LogP contribution in [0.4, 0.5) is 0 Å². The quantitative estimate of drug-likeness (QED) is 0.625. The van der Waals surface area contributed by atoms with Gasteiger partial charge in [0.05, 0.1) is 0 Å². The SMILES string of the molecule is CN(C)CCCc1ccc(B(O)O)cn1. The predicted octanol–water partition coefficient (Wildman–Crippen LogP) is -0.744. The number of rotatable bonds is 5. The zero-order valence-electron chi connectivity index (χ0n) is 9.22. The lowest BCUT2D eigenvalue weighted by atomic mass is 9.81. The fraction of sp³-hybridized carbons (Fsp3) is 0.500. The molecule has 15 heavy (non-hydrogen) atoms. The van der Waals surface area contributed by atoms with Crippen LogP contribution in [0.25, 0.3) is 0 Å². The monoisotopic (exact) mass is 208 g/mol. The van der Waals surface area contributed by atoms with Crippen molar-refractivity contribution < 1.29 is 10.0 Å². The summed E-state index contributed by atoms with van der Waals surface area (Å²) < 4.78 is 0. The topological polar surface area (TPSA) is 56.6 Å². The highest BCUT2D eigenvalue weighted by molar-refractivity contribution is 6.58. The van der Waals surface area contributed by atoms with Gasteiger partial charge < -0.3 is 14.9 Å². The van der Waals surface area contributed by atoms with E-state index in [1.807, 2.05) is 20.2 Å². The van der Waals surface area contributed by atoms with Crippen LogP contribution in [0.15, 0.2) is 18.3 Å². The van der Waals surface area contributed by atoms with Gasteiger partial charge in [0.2, 0.25) is 0 Å². The lowest BCUT2D eigenvalue weighted by Gasteiger charge is -2.08. The van der Waals surface area contributed by atoms with E-state index < -0.39 is 7.12 Å². The molecule has 1 aromatic rings. The molecule has 0 fully saturated rings. The molecule has 1 rings (SSSR count). The standard InChI is InChI=1S/C10H17BN2O2/c1-13(2)7-3-4-10-6-5-9(8-12-10)11(14)15/h5-6,8,14-15H,3-4,7H2,1-2H3. The van der Waals surface area contributed by atoms with Gasteiger partial charge >= 0.3 is 7.12 Å². The van der Waals surface area contributed by atoms with E-state index in [1.165, 1.54) is 6.20 Å². The second-order valence-electron chi connectivity index (χ2n) is 3.86. The van der Waals surface area contributed by atoms with Gasteiger partial charge in [-0.15, -0.1) is 0 Å². The van der Waals surface area contributed by atoms with Crippen LogP contribution in [-0.2, 0) is 6.42 Å². The lowest BCUT2D eigenvalue weighted by molar-refractivity contribution is 0.399.